The van der Waals surface area contributed by atoms with Crippen molar-refractivity contribution >= 4 is 28.6 Å². The molecule has 23 heavy (non-hydrogen) atoms. The summed E-state index contributed by atoms with van der Waals surface area (Å²) in [6.45, 7) is 2.69. The first-order valence-corrected chi connectivity index (χ1v) is 8.59. The molecule has 1 amide bonds. The van der Waals surface area contributed by atoms with Gasteiger partial charge in [-0.15, -0.1) is 11.3 Å². The van der Waals surface area contributed by atoms with Crippen LogP contribution in [0.4, 0.5) is 11.4 Å². The summed E-state index contributed by atoms with van der Waals surface area (Å²) in [6, 6.07) is 7.63. The molecule has 0 atom stereocenters. The van der Waals surface area contributed by atoms with Gasteiger partial charge in [0.15, 0.2) is 0 Å². The second kappa shape index (κ2) is 8.64. The molecule has 1 heterocycles. The Balaban J connectivity index is 1.76. The van der Waals surface area contributed by atoms with Gasteiger partial charge >= 0.3 is 0 Å². The molecule has 0 aliphatic heterocycles. The Morgan fingerprint density at radius 2 is 2.09 bits per heavy atom. The van der Waals surface area contributed by atoms with Crippen molar-refractivity contribution in [1.29, 1.82) is 0 Å². The number of anilines is 2. The van der Waals surface area contributed by atoms with Gasteiger partial charge in [0.2, 0.25) is 5.91 Å². The zero-order valence-electron chi connectivity index (χ0n) is 13.6. The summed E-state index contributed by atoms with van der Waals surface area (Å²) in [5, 5.41) is 15.0. The third-order valence-electron chi connectivity index (χ3n) is 3.53. The number of rotatable bonds is 8. The molecule has 2 N–H and O–H groups in total. The van der Waals surface area contributed by atoms with Gasteiger partial charge in [0.1, 0.15) is 0 Å². The van der Waals surface area contributed by atoms with Gasteiger partial charge in [-0.3, -0.25) is 4.79 Å². The maximum atomic E-state index is 12.0. The molecule has 5 nitrogen and oxygen atoms in total. The molecule has 124 valence electrons. The Morgan fingerprint density at radius 1 is 1.35 bits per heavy atom. The number of carbonyl (C=O) groups excluding carboxylic acids is 1. The number of thiazole rings is 1. The third kappa shape index (κ3) is 5.65. The number of amides is 1. The second-order valence-corrected chi connectivity index (χ2v) is 6.51. The molecular formula is C17H23N3O2S. The molecule has 6 heteroatoms. The average Bonchev–Trinajstić information content (AvgIpc) is 2.93. The Kier molecular flexibility index (Phi) is 6.55. The number of hydrogen-bond acceptors (Lipinski definition) is 5. The summed E-state index contributed by atoms with van der Waals surface area (Å²) < 4.78 is 0. The fourth-order valence-corrected chi connectivity index (χ4v) is 2.90. The topological polar surface area (TPSA) is 65.5 Å². The van der Waals surface area contributed by atoms with Crippen LogP contribution in [-0.2, 0) is 11.2 Å². The fourth-order valence-electron chi connectivity index (χ4n) is 2.25. The number of hydrogen-bond donors (Lipinski definition) is 2. The average molecular weight is 333 g/mol. The smallest absolute Gasteiger partial charge is 0.224 e. The molecule has 0 unspecified atom stereocenters. The van der Waals surface area contributed by atoms with Crippen molar-refractivity contribution in [3.05, 3.63) is 40.3 Å². The molecule has 0 aliphatic carbocycles. The van der Waals surface area contributed by atoms with Crippen LogP contribution in [0, 0.1) is 6.92 Å². The maximum Gasteiger partial charge on any atom is 0.224 e. The number of nitrogens with zero attached hydrogens (tertiary/aromatic N) is 2. The Hall–Kier alpha value is -1.92. The normalized spacial score (nSPS) is 10.6. The van der Waals surface area contributed by atoms with Crippen LogP contribution in [0.1, 0.15) is 23.5 Å². The lowest BCUT2D eigenvalue weighted by atomic mass is 10.2. The van der Waals surface area contributed by atoms with E-state index in [1.54, 1.807) is 11.3 Å². The van der Waals surface area contributed by atoms with Crippen LogP contribution in [0.3, 0.4) is 0 Å². The van der Waals surface area contributed by atoms with Crippen LogP contribution >= 0.6 is 11.3 Å². The van der Waals surface area contributed by atoms with Crippen LogP contribution in [-0.4, -0.2) is 36.2 Å². The minimum absolute atomic E-state index is 0.0217. The van der Waals surface area contributed by atoms with Crippen molar-refractivity contribution < 1.29 is 9.90 Å². The van der Waals surface area contributed by atoms with Crippen LogP contribution in [0.15, 0.2) is 29.6 Å². The first-order chi connectivity index (χ1) is 11.1. The van der Waals surface area contributed by atoms with Crippen molar-refractivity contribution in [3.63, 3.8) is 0 Å². The van der Waals surface area contributed by atoms with Gasteiger partial charge in [-0.05, 0) is 44.0 Å². The van der Waals surface area contributed by atoms with E-state index in [2.05, 4.69) is 15.7 Å². The minimum atomic E-state index is 0.0217. The summed E-state index contributed by atoms with van der Waals surface area (Å²) in [5.41, 5.74) is 2.87. The zero-order valence-corrected chi connectivity index (χ0v) is 14.4. The minimum Gasteiger partial charge on any atom is -0.395 e. The standard InChI is InChI=1S/C17H23N3O2S/c1-13-18-15(12-23-13)4-3-5-17(22)19-14-6-8-16(9-7-14)20(2)10-11-21/h6-9,12,21H,3-5,10-11H2,1-2H3,(H,19,22). The monoisotopic (exact) mass is 333 g/mol. The quantitative estimate of drug-likeness (QED) is 0.780. The van der Waals surface area contributed by atoms with E-state index in [1.165, 1.54) is 0 Å². The number of likely N-dealkylation sites (N-methyl/N-ethyl adjacent to an activating group) is 1. The van der Waals surface area contributed by atoms with E-state index in [4.69, 9.17) is 5.11 Å². The van der Waals surface area contributed by atoms with Gasteiger partial charge in [0, 0.05) is 36.8 Å². The molecular weight excluding hydrogens is 310 g/mol. The van der Waals surface area contributed by atoms with Crippen LogP contribution in [0.5, 0.6) is 0 Å². The number of aryl methyl sites for hydroxylation is 2. The van der Waals surface area contributed by atoms with Crippen LogP contribution in [0.25, 0.3) is 0 Å². The van der Waals surface area contributed by atoms with Gasteiger partial charge in [-0.25, -0.2) is 4.98 Å². The summed E-state index contributed by atoms with van der Waals surface area (Å²) in [7, 11) is 1.92. The highest BCUT2D eigenvalue weighted by atomic mass is 32.1. The van der Waals surface area contributed by atoms with Gasteiger partial charge in [-0.1, -0.05) is 0 Å². The highest BCUT2D eigenvalue weighted by molar-refractivity contribution is 7.09. The molecule has 0 saturated carbocycles. The van der Waals surface area contributed by atoms with Gasteiger partial charge in [0.25, 0.3) is 0 Å². The van der Waals surface area contributed by atoms with E-state index >= 15 is 0 Å². The van der Waals surface area contributed by atoms with E-state index in [9.17, 15) is 4.79 Å². The highest BCUT2D eigenvalue weighted by Crippen LogP contribution is 2.17. The van der Waals surface area contributed by atoms with Crippen molar-refractivity contribution in [2.45, 2.75) is 26.2 Å². The van der Waals surface area contributed by atoms with Crippen molar-refractivity contribution in [2.24, 2.45) is 0 Å². The van der Waals surface area contributed by atoms with Crippen LogP contribution < -0.4 is 10.2 Å². The van der Waals surface area contributed by atoms with E-state index in [1.807, 2.05) is 43.1 Å². The lowest BCUT2D eigenvalue weighted by molar-refractivity contribution is -0.116. The maximum absolute atomic E-state index is 12.0. The summed E-state index contributed by atoms with van der Waals surface area (Å²) in [6.07, 6.45) is 2.12. The van der Waals surface area contributed by atoms with Crippen LogP contribution in [0.2, 0.25) is 0 Å². The lowest BCUT2D eigenvalue weighted by Crippen LogP contribution is -2.21. The molecule has 1 aromatic carbocycles. The van der Waals surface area contributed by atoms with Gasteiger partial charge < -0.3 is 15.3 Å². The lowest BCUT2D eigenvalue weighted by Gasteiger charge is -2.18. The summed E-state index contributed by atoms with van der Waals surface area (Å²) in [5.74, 6) is 0.0217. The Bertz CT molecular complexity index is 625. The van der Waals surface area contributed by atoms with Crippen molar-refractivity contribution in [3.8, 4) is 0 Å². The predicted molar refractivity (Wildman–Crippen MR) is 95.2 cm³/mol. The number of aliphatic hydroxyl groups excluding tert-OH is 1. The zero-order chi connectivity index (χ0) is 16.7. The SMILES string of the molecule is Cc1nc(CCCC(=O)Nc2ccc(N(C)CCO)cc2)cs1. The van der Waals surface area contributed by atoms with E-state index in [-0.39, 0.29) is 12.5 Å². The van der Waals surface area contributed by atoms with Gasteiger partial charge in [0.05, 0.1) is 17.3 Å². The third-order valence-corrected chi connectivity index (χ3v) is 4.35. The molecule has 0 aliphatic rings. The van der Waals surface area contributed by atoms with E-state index < -0.39 is 0 Å². The molecule has 0 saturated heterocycles. The van der Waals surface area contributed by atoms with Crippen molar-refractivity contribution in [1.82, 2.24) is 4.98 Å². The number of aromatic nitrogens is 1. The highest BCUT2D eigenvalue weighted by Gasteiger charge is 2.05. The van der Waals surface area contributed by atoms with Crippen molar-refractivity contribution in [2.75, 3.05) is 30.4 Å². The molecule has 0 spiro atoms. The number of nitrogens with one attached hydrogen (secondary N) is 1. The summed E-state index contributed by atoms with van der Waals surface area (Å²) in [4.78, 5) is 18.3. The number of carbonyl (C=O) groups is 1. The first-order valence-electron chi connectivity index (χ1n) is 7.71. The molecule has 1 aromatic heterocycles. The summed E-state index contributed by atoms with van der Waals surface area (Å²) >= 11 is 1.64. The number of benzene rings is 1. The molecule has 0 radical (unpaired) electrons. The Morgan fingerprint density at radius 3 is 2.70 bits per heavy atom. The van der Waals surface area contributed by atoms with E-state index in [0.29, 0.717) is 13.0 Å². The molecule has 2 aromatic rings. The van der Waals surface area contributed by atoms with Gasteiger partial charge in [-0.2, -0.15) is 0 Å². The number of aliphatic hydroxyl groups is 1. The predicted octanol–water partition coefficient (Wildman–Crippen LogP) is 2.84. The molecule has 0 bridgehead atoms. The fraction of sp³-hybridized carbons (Fsp3) is 0.412. The largest absolute Gasteiger partial charge is 0.395 e. The second-order valence-electron chi connectivity index (χ2n) is 5.45. The Labute approximate surface area is 141 Å². The first kappa shape index (κ1) is 17.4. The molecule has 0 fully saturated rings. The molecule has 2 rings (SSSR count). The van der Waals surface area contributed by atoms with E-state index in [0.717, 1.165) is 34.9 Å².